The lowest BCUT2D eigenvalue weighted by atomic mass is 10.0. The summed E-state index contributed by atoms with van der Waals surface area (Å²) < 4.78 is 31.7. The zero-order valence-corrected chi connectivity index (χ0v) is 24.8. The minimum atomic E-state index is -5.08. The van der Waals surface area contributed by atoms with Crippen molar-refractivity contribution in [3.05, 3.63) is 77.4 Å². The van der Waals surface area contributed by atoms with Crippen LogP contribution < -0.4 is 21.7 Å². The quantitative estimate of drug-likeness (QED) is 0.219. The number of rotatable bonds is 7. The van der Waals surface area contributed by atoms with Gasteiger partial charge in [-0.3, -0.25) is 19.2 Å². The number of benzene rings is 2. The monoisotopic (exact) mass is 650 g/mol. The first-order chi connectivity index (χ1) is 21.6. The summed E-state index contributed by atoms with van der Waals surface area (Å²) in [4.78, 5) is 59.0. The van der Waals surface area contributed by atoms with Gasteiger partial charge in [0, 0.05) is 19.0 Å². The number of nitrogens with two attached hydrogens (primary N) is 1. The summed E-state index contributed by atoms with van der Waals surface area (Å²) in [6.07, 6.45) is 0.780. The Hall–Kier alpha value is -4.92. The molecule has 1 heterocycles. The molecule has 0 radical (unpaired) electrons. The molecule has 2 aromatic rings. The molecule has 0 spiro atoms. The Kier molecular flexibility index (Phi) is 14.7. The van der Waals surface area contributed by atoms with Crippen molar-refractivity contribution in [3.63, 3.8) is 0 Å². The number of amides is 3. The predicted octanol–water partition coefficient (Wildman–Crippen LogP) is 2.33. The Morgan fingerprint density at radius 2 is 1.50 bits per heavy atom. The number of phenolic OH excluding ortho intramolecular Hbond substituents is 1. The van der Waals surface area contributed by atoms with E-state index in [-0.39, 0.29) is 37.0 Å². The fourth-order valence-corrected chi connectivity index (χ4v) is 4.42. The molecule has 0 unspecified atom stereocenters. The van der Waals surface area contributed by atoms with Crippen LogP contribution in [0, 0.1) is 0 Å². The highest BCUT2D eigenvalue weighted by molar-refractivity contribution is 5.88. The SMILES string of the molecule is N[C@H]1CC/C=C/CC[C@@H](C(=O)NCc2ccccc2CC(=O)O)NC(=O)C[C@H](Cc2ccc(O)cc2)NC1=O.O=C(O)C(F)(F)F. The van der Waals surface area contributed by atoms with Crippen molar-refractivity contribution in [3.8, 4) is 5.75 Å². The Bertz CT molecular complexity index is 1380. The van der Waals surface area contributed by atoms with Gasteiger partial charge >= 0.3 is 18.1 Å². The number of carbonyl (C=O) groups is 5. The Morgan fingerprint density at radius 1 is 0.913 bits per heavy atom. The fourth-order valence-electron chi connectivity index (χ4n) is 4.42. The number of aliphatic carboxylic acids is 2. The van der Waals surface area contributed by atoms with Crippen LogP contribution in [-0.4, -0.2) is 69.3 Å². The number of hydrogen-bond acceptors (Lipinski definition) is 7. The molecule has 3 amide bonds. The molecule has 0 saturated heterocycles. The number of aromatic hydroxyl groups is 1. The second-order valence-electron chi connectivity index (χ2n) is 10.5. The lowest BCUT2D eigenvalue weighted by molar-refractivity contribution is -0.192. The molecule has 0 saturated carbocycles. The smallest absolute Gasteiger partial charge is 0.490 e. The van der Waals surface area contributed by atoms with Crippen molar-refractivity contribution in [2.75, 3.05) is 0 Å². The Balaban J connectivity index is 0.000000942. The van der Waals surface area contributed by atoms with Gasteiger partial charge in [-0.05, 0) is 60.9 Å². The summed E-state index contributed by atoms with van der Waals surface area (Å²) >= 11 is 0. The highest BCUT2D eigenvalue weighted by Gasteiger charge is 2.38. The molecule has 2 aromatic carbocycles. The molecular formula is C31H37F3N4O8. The van der Waals surface area contributed by atoms with Crippen molar-refractivity contribution in [1.29, 1.82) is 0 Å². The molecule has 3 atom stereocenters. The summed E-state index contributed by atoms with van der Waals surface area (Å²) in [5.74, 6) is -4.75. The zero-order chi connectivity index (χ0) is 34.3. The maximum atomic E-state index is 13.1. The van der Waals surface area contributed by atoms with Gasteiger partial charge in [-0.2, -0.15) is 13.2 Å². The average Bonchev–Trinajstić information content (AvgIpc) is 2.97. The summed E-state index contributed by atoms with van der Waals surface area (Å²) in [5.41, 5.74) is 8.17. The highest BCUT2D eigenvalue weighted by atomic mass is 19.4. The third-order valence-corrected chi connectivity index (χ3v) is 6.77. The molecule has 0 aliphatic carbocycles. The topological polar surface area (TPSA) is 208 Å². The molecule has 46 heavy (non-hydrogen) atoms. The molecule has 15 heteroatoms. The normalized spacial score (nSPS) is 20.0. The van der Waals surface area contributed by atoms with Crippen LogP contribution in [0.25, 0.3) is 0 Å². The number of alkyl halides is 3. The highest BCUT2D eigenvalue weighted by Crippen LogP contribution is 2.15. The van der Waals surface area contributed by atoms with Gasteiger partial charge in [0.2, 0.25) is 17.7 Å². The largest absolute Gasteiger partial charge is 0.508 e. The van der Waals surface area contributed by atoms with Crippen molar-refractivity contribution < 1.29 is 52.5 Å². The summed E-state index contributed by atoms with van der Waals surface area (Å²) in [7, 11) is 0. The van der Waals surface area contributed by atoms with Crippen molar-refractivity contribution in [2.45, 2.75) is 75.8 Å². The number of hydrogen-bond donors (Lipinski definition) is 7. The molecule has 250 valence electrons. The molecule has 0 fully saturated rings. The number of phenols is 1. The fraction of sp³-hybridized carbons (Fsp3) is 0.387. The summed E-state index contributed by atoms with van der Waals surface area (Å²) in [5, 5.41) is 34.4. The van der Waals surface area contributed by atoms with Crippen LogP contribution >= 0.6 is 0 Å². The van der Waals surface area contributed by atoms with E-state index < -0.39 is 42.1 Å². The first-order valence-corrected chi connectivity index (χ1v) is 14.3. The Labute approximate surface area is 262 Å². The Morgan fingerprint density at radius 3 is 2.09 bits per heavy atom. The molecule has 1 aliphatic rings. The molecule has 3 rings (SSSR count). The van der Waals surface area contributed by atoms with E-state index in [2.05, 4.69) is 16.0 Å². The summed E-state index contributed by atoms with van der Waals surface area (Å²) in [6, 6.07) is 11.4. The van der Waals surface area contributed by atoms with Crippen molar-refractivity contribution in [2.24, 2.45) is 5.73 Å². The first kappa shape index (κ1) is 37.3. The van der Waals surface area contributed by atoms with E-state index >= 15 is 0 Å². The molecular weight excluding hydrogens is 613 g/mol. The van der Waals surface area contributed by atoms with E-state index in [1.165, 1.54) is 12.1 Å². The molecule has 12 nitrogen and oxygen atoms in total. The van der Waals surface area contributed by atoms with Gasteiger partial charge in [0.05, 0.1) is 12.5 Å². The van der Waals surface area contributed by atoms with Crippen LogP contribution in [0.4, 0.5) is 13.2 Å². The van der Waals surface area contributed by atoms with Gasteiger partial charge in [0.15, 0.2) is 0 Å². The molecule has 0 aromatic heterocycles. The molecule has 1 aliphatic heterocycles. The number of allylic oxidation sites excluding steroid dienone is 2. The number of carboxylic acid groups (broad SMARTS) is 2. The van der Waals surface area contributed by atoms with Crippen LogP contribution in [0.3, 0.4) is 0 Å². The predicted molar refractivity (Wildman–Crippen MR) is 159 cm³/mol. The molecule has 0 bridgehead atoms. The van der Waals surface area contributed by atoms with E-state index in [9.17, 15) is 37.5 Å². The van der Waals surface area contributed by atoms with E-state index in [0.717, 1.165) is 5.56 Å². The number of nitrogens with one attached hydrogen (secondary N) is 3. The van der Waals surface area contributed by atoms with Crippen LogP contribution in [0.15, 0.2) is 60.7 Å². The third kappa shape index (κ3) is 13.8. The lowest BCUT2D eigenvalue weighted by Gasteiger charge is -2.23. The van der Waals surface area contributed by atoms with Crippen LogP contribution in [0.5, 0.6) is 5.75 Å². The maximum absolute atomic E-state index is 13.1. The minimum absolute atomic E-state index is 0.0690. The van der Waals surface area contributed by atoms with Crippen LogP contribution in [0.2, 0.25) is 0 Å². The second kappa shape index (κ2) is 18.1. The first-order valence-electron chi connectivity index (χ1n) is 14.3. The summed E-state index contributed by atoms with van der Waals surface area (Å²) in [6.45, 7) is 0.127. The van der Waals surface area contributed by atoms with Gasteiger partial charge in [0.25, 0.3) is 0 Å². The minimum Gasteiger partial charge on any atom is -0.508 e. The standard InChI is InChI=1S/C29H36N4O6.C2HF3O2/c30-24-9-3-1-2-4-10-25(29(39)31-18-21-8-6-5-7-20(21)16-27(36)37)33-26(35)17-22(32-28(24)38)15-19-11-13-23(34)14-12-19;3-2(4,5)1(6)7/h1-2,5-8,11-14,22,24-25,34H,3-4,9-10,15-18,30H2,(H,31,39)(H,32,38)(H,33,35)(H,36,37);(H,6,7)/b2-1+;/t22-,24-,25-;/m0./s1. The maximum Gasteiger partial charge on any atom is 0.490 e. The van der Waals surface area contributed by atoms with E-state index in [4.69, 9.17) is 20.7 Å². The average molecular weight is 651 g/mol. The number of carboxylic acids is 2. The number of carbonyl (C=O) groups excluding carboxylic acids is 3. The van der Waals surface area contributed by atoms with Gasteiger partial charge in [-0.1, -0.05) is 48.6 Å². The van der Waals surface area contributed by atoms with E-state index in [1.807, 2.05) is 12.2 Å². The van der Waals surface area contributed by atoms with Gasteiger partial charge in [0.1, 0.15) is 11.8 Å². The number of halogens is 3. The van der Waals surface area contributed by atoms with Gasteiger partial charge in [-0.15, -0.1) is 0 Å². The van der Waals surface area contributed by atoms with Gasteiger partial charge < -0.3 is 37.0 Å². The van der Waals surface area contributed by atoms with E-state index in [0.29, 0.717) is 43.2 Å². The van der Waals surface area contributed by atoms with Crippen molar-refractivity contribution in [1.82, 2.24) is 16.0 Å². The van der Waals surface area contributed by atoms with Crippen molar-refractivity contribution >= 4 is 29.7 Å². The lowest BCUT2D eigenvalue weighted by Crippen LogP contribution is -2.50. The zero-order valence-electron chi connectivity index (χ0n) is 24.8. The van der Waals surface area contributed by atoms with E-state index in [1.54, 1.807) is 36.4 Å². The second-order valence-corrected chi connectivity index (χ2v) is 10.5. The third-order valence-electron chi connectivity index (χ3n) is 6.77. The molecule has 8 N–H and O–H groups in total. The van der Waals surface area contributed by atoms with Crippen LogP contribution in [-0.2, 0) is 43.4 Å². The van der Waals surface area contributed by atoms with Gasteiger partial charge in [-0.25, -0.2) is 4.79 Å². The van der Waals surface area contributed by atoms with Crippen LogP contribution in [0.1, 0.15) is 48.8 Å².